The largest absolute Gasteiger partial charge is 0.402 e. The van der Waals surface area contributed by atoms with E-state index in [9.17, 15) is 21.6 Å². The Balaban J connectivity index is 3.13. The van der Waals surface area contributed by atoms with Gasteiger partial charge in [0.1, 0.15) is 6.54 Å². The summed E-state index contributed by atoms with van der Waals surface area (Å²) in [6, 6.07) is 5.61. The van der Waals surface area contributed by atoms with Gasteiger partial charge in [-0.25, -0.2) is 8.42 Å². The predicted octanol–water partition coefficient (Wildman–Crippen LogP) is 1.72. The average molecular weight is 296 g/mol. The monoisotopic (exact) mass is 296 g/mol. The van der Waals surface area contributed by atoms with E-state index >= 15 is 0 Å². The minimum atomic E-state index is -4.57. The van der Waals surface area contributed by atoms with Gasteiger partial charge in [0.2, 0.25) is 10.0 Å². The summed E-state index contributed by atoms with van der Waals surface area (Å²) in [4.78, 5) is -0.179. The average Bonchev–Trinajstić information content (AvgIpc) is 2.34. The van der Waals surface area contributed by atoms with E-state index in [1.165, 1.54) is 25.1 Å². The highest BCUT2D eigenvalue weighted by atomic mass is 32.2. The zero-order chi connectivity index (χ0) is 14.7. The highest BCUT2D eigenvalue weighted by Gasteiger charge is 2.36. The molecule has 0 aliphatic heterocycles. The SMILES string of the molecule is CCN(CC(F)(F)F)S(=O)(=O)c1cccc(CN)c1. The Morgan fingerprint density at radius 1 is 1.32 bits per heavy atom. The van der Waals surface area contributed by atoms with Crippen LogP contribution in [0.1, 0.15) is 12.5 Å². The highest BCUT2D eigenvalue weighted by Crippen LogP contribution is 2.22. The number of nitrogens with zero attached hydrogens (tertiary/aromatic N) is 1. The van der Waals surface area contributed by atoms with Gasteiger partial charge < -0.3 is 5.73 Å². The van der Waals surface area contributed by atoms with Crippen LogP contribution in [0.4, 0.5) is 13.2 Å². The number of alkyl halides is 3. The van der Waals surface area contributed by atoms with Crippen LogP contribution < -0.4 is 5.73 Å². The van der Waals surface area contributed by atoms with Gasteiger partial charge in [-0.2, -0.15) is 17.5 Å². The molecule has 0 unspecified atom stereocenters. The normalized spacial score (nSPS) is 12.9. The van der Waals surface area contributed by atoms with E-state index in [0.717, 1.165) is 0 Å². The van der Waals surface area contributed by atoms with E-state index in [0.29, 0.717) is 9.87 Å². The molecule has 0 radical (unpaired) electrons. The van der Waals surface area contributed by atoms with Crippen molar-refractivity contribution in [3.8, 4) is 0 Å². The lowest BCUT2D eigenvalue weighted by Crippen LogP contribution is -2.38. The number of rotatable bonds is 5. The summed E-state index contributed by atoms with van der Waals surface area (Å²) in [5.74, 6) is 0. The summed E-state index contributed by atoms with van der Waals surface area (Å²) in [6.07, 6.45) is -4.57. The molecule has 0 saturated carbocycles. The molecule has 0 fully saturated rings. The predicted molar refractivity (Wildman–Crippen MR) is 64.8 cm³/mol. The quantitative estimate of drug-likeness (QED) is 0.900. The third-order valence-corrected chi connectivity index (χ3v) is 4.40. The van der Waals surface area contributed by atoms with Crippen LogP contribution >= 0.6 is 0 Å². The van der Waals surface area contributed by atoms with Gasteiger partial charge in [0.15, 0.2) is 0 Å². The summed E-state index contributed by atoms with van der Waals surface area (Å²) in [5, 5.41) is 0. The molecule has 0 aliphatic carbocycles. The Kier molecular flexibility index (Phi) is 4.94. The topological polar surface area (TPSA) is 63.4 Å². The second kappa shape index (κ2) is 5.89. The molecule has 1 aromatic carbocycles. The van der Waals surface area contributed by atoms with Gasteiger partial charge in [0, 0.05) is 13.1 Å². The molecule has 0 heterocycles. The molecule has 1 rings (SSSR count). The zero-order valence-electron chi connectivity index (χ0n) is 10.3. The van der Waals surface area contributed by atoms with Gasteiger partial charge in [0.05, 0.1) is 4.90 Å². The van der Waals surface area contributed by atoms with Gasteiger partial charge >= 0.3 is 6.18 Å². The standard InChI is InChI=1S/C11H15F3N2O2S/c1-2-16(8-11(12,13)14)19(17,18)10-5-3-4-9(6-10)7-15/h3-6H,2,7-8,15H2,1H3. The molecule has 0 atom stereocenters. The first-order chi connectivity index (χ1) is 8.70. The van der Waals surface area contributed by atoms with Crippen LogP contribution in [0, 0.1) is 0 Å². The molecule has 0 spiro atoms. The fourth-order valence-electron chi connectivity index (χ4n) is 1.55. The lowest BCUT2D eigenvalue weighted by Gasteiger charge is -2.22. The van der Waals surface area contributed by atoms with Crippen LogP contribution in [-0.2, 0) is 16.6 Å². The molecule has 4 nitrogen and oxygen atoms in total. The van der Waals surface area contributed by atoms with E-state index in [1.54, 1.807) is 6.07 Å². The van der Waals surface area contributed by atoms with Crippen LogP contribution in [-0.4, -0.2) is 32.0 Å². The van der Waals surface area contributed by atoms with Crippen LogP contribution in [0.5, 0.6) is 0 Å². The minimum Gasteiger partial charge on any atom is -0.326 e. The number of sulfonamides is 1. The van der Waals surface area contributed by atoms with Gasteiger partial charge in [0.25, 0.3) is 0 Å². The van der Waals surface area contributed by atoms with Crippen molar-refractivity contribution < 1.29 is 21.6 Å². The second-order valence-electron chi connectivity index (χ2n) is 3.90. The maximum Gasteiger partial charge on any atom is 0.402 e. The van der Waals surface area contributed by atoms with Crippen molar-refractivity contribution in [3.63, 3.8) is 0 Å². The van der Waals surface area contributed by atoms with Crippen LogP contribution in [0.25, 0.3) is 0 Å². The number of hydrogen-bond acceptors (Lipinski definition) is 3. The molecule has 8 heteroatoms. The number of halogens is 3. The van der Waals surface area contributed by atoms with E-state index in [4.69, 9.17) is 5.73 Å². The van der Waals surface area contributed by atoms with Crippen molar-refractivity contribution in [1.29, 1.82) is 0 Å². The summed E-state index contributed by atoms with van der Waals surface area (Å²) in [6.45, 7) is -0.280. The second-order valence-corrected chi connectivity index (χ2v) is 5.84. The third kappa shape index (κ3) is 4.19. The third-order valence-electron chi connectivity index (χ3n) is 2.48. The van der Waals surface area contributed by atoms with Crippen LogP contribution in [0.2, 0.25) is 0 Å². The fraction of sp³-hybridized carbons (Fsp3) is 0.455. The maximum absolute atomic E-state index is 12.4. The molecule has 2 N–H and O–H groups in total. The first-order valence-corrected chi connectivity index (χ1v) is 7.00. The van der Waals surface area contributed by atoms with E-state index in [2.05, 4.69) is 0 Å². The summed E-state index contributed by atoms with van der Waals surface area (Å²) in [7, 11) is -4.16. The Morgan fingerprint density at radius 2 is 1.95 bits per heavy atom. The molecule has 0 aliphatic rings. The summed E-state index contributed by atoms with van der Waals surface area (Å²) in [5.41, 5.74) is 5.93. The molecule has 0 saturated heterocycles. The summed E-state index contributed by atoms with van der Waals surface area (Å²) >= 11 is 0. The van der Waals surface area contributed by atoms with Crippen molar-refractivity contribution in [3.05, 3.63) is 29.8 Å². The number of nitrogens with two attached hydrogens (primary N) is 1. The molecule has 0 aromatic heterocycles. The Hall–Kier alpha value is -1.12. The molecule has 108 valence electrons. The molecule has 19 heavy (non-hydrogen) atoms. The van der Waals surface area contributed by atoms with E-state index < -0.39 is 22.7 Å². The molecule has 0 amide bonds. The van der Waals surface area contributed by atoms with E-state index in [1.807, 2.05) is 0 Å². The van der Waals surface area contributed by atoms with Crippen molar-refractivity contribution in [1.82, 2.24) is 4.31 Å². The van der Waals surface area contributed by atoms with E-state index in [-0.39, 0.29) is 18.0 Å². The Labute approximate surface area is 110 Å². The van der Waals surface area contributed by atoms with Crippen molar-refractivity contribution in [2.75, 3.05) is 13.1 Å². The minimum absolute atomic E-state index is 0.120. The molecular weight excluding hydrogens is 281 g/mol. The van der Waals surface area contributed by atoms with Gasteiger partial charge in [-0.3, -0.25) is 0 Å². The van der Waals surface area contributed by atoms with Crippen LogP contribution in [0.15, 0.2) is 29.2 Å². The Morgan fingerprint density at radius 3 is 2.42 bits per heavy atom. The highest BCUT2D eigenvalue weighted by molar-refractivity contribution is 7.89. The van der Waals surface area contributed by atoms with Crippen LogP contribution in [0.3, 0.4) is 0 Å². The first-order valence-electron chi connectivity index (χ1n) is 5.56. The Bertz CT molecular complexity index is 529. The van der Waals surface area contributed by atoms with Gasteiger partial charge in [-0.05, 0) is 17.7 Å². The molecule has 1 aromatic rings. The van der Waals surface area contributed by atoms with Gasteiger partial charge in [-0.1, -0.05) is 19.1 Å². The smallest absolute Gasteiger partial charge is 0.326 e. The molecule has 0 bridgehead atoms. The number of hydrogen-bond donors (Lipinski definition) is 1. The number of benzene rings is 1. The van der Waals surface area contributed by atoms with Gasteiger partial charge in [-0.15, -0.1) is 0 Å². The maximum atomic E-state index is 12.4. The first kappa shape index (κ1) is 15.9. The fourth-order valence-corrected chi connectivity index (χ4v) is 3.05. The lowest BCUT2D eigenvalue weighted by molar-refractivity contribution is -0.135. The van der Waals surface area contributed by atoms with Crippen molar-refractivity contribution in [2.24, 2.45) is 5.73 Å². The zero-order valence-corrected chi connectivity index (χ0v) is 11.1. The van der Waals surface area contributed by atoms with Crippen molar-refractivity contribution in [2.45, 2.75) is 24.5 Å². The lowest BCUT2D eigenvalue weighted by atomic mass is 10.2. The summed E-state index contributed by atoms with van der Waals surface area (Å²) < 4.78 is 61.7. The van der Waals surface area contributed by atoms with Crippen molar-refractivity contribution >= 4 is 10.0 Å². The molecular formula is C11H15F3N2O2S.